The number of nitrogens with one attached hydrogen (secondary N) is 9. The van der Waals surface area contributed by atoms with Gasteiger partial charge in [-0.2, -0.15) is 0 Å². The van der Waals surface area contributed by atoms with Crippen molar-refractivity contribution in [3.05, 3.63) is 136 Å². The van der Waals surface area contributed by atoms with Crippen molar-refractivity contribution in [2.75, 3.05) is 5.32 Å². The Morgan fingerprint density at radius 1 is 0.510 bits per heavy atom. The maximum atomic E-state index is 13.2. The molecule has 14 nitrogen and oxygen atoms in total. The van der Waals surface area contributed by atoms with E-state index in [1.54, 1.807) is 48.5 Å². The lowest BCUT2D eigenvalue weighted by molar-refractivity contribution is 0.0939. The van der Waals surface area contributed by atoms with Crippen LogP contribution < -0.4 is 38.1 Å². The number of anilines is 1. The zero-order chi connectivity index (χ0) is 35.9. The number of rotatable bonds is 12. The van der Waals surface area contributed by atoms with E-state index in [1.807, 2.05) is 48.5 Å². The molecule has 0 saturated heterocycles. The minimum atomic E-state index is -0.318. The summed E-state index contributed by atoms with van der Waals surface area (Å²) in [5.41, 5.74) is 17.7. The average molecular weight is 684 g/mol. The van der Waals surface area contributed by atoms with Crippen molar-refractivity contribution in [1.82, 2.24) is 31.2 Å². The van der Waals surface area contributed by atoms with Crippen molar-refractivity contribution in [1.29, 1.82) is 10.8 Å². The molecule has 0 atom stereocenters. The summed E-state index contributed by atoms with van der Waals surface area (Å²) in [5, 5.41) is 30.2. The molecule has 2 heterocycles. The van der Waals surface area contributed by atoms with Crippen molar-refractivity contribution in [2.45, 2.75) is 26.2 Å². The smallest absolute Gasteiger partial charge is 0.267 e. The molecule has 51 heavy (non-hydrogen) atoms. The zero-order valence-corrected chi connectivity index (χ0v) is 27.4. The highest BCUT2D eigenvalue weighted by Gasteiger charge is 2.14. The monoisotopic (exact) mass is 683 g/mol. The lowest BCUT2D eigenvalue weighted by Crippen LogP contribution is -2.29. The molecule has 6 rings (SSSR count). The summed E-state index contributed by atoms with van der Waals surface area (Å²) in [5.74, 6) is -1.04. The quantitative estimate of drug-likeness (QED) is 0.0674. The Balaban J connectivity index is 1.03. The number of guanidine groups is 2. The van der Waals surface area contributed by atoms with Gasteiger partial charge in [0.2, 0.25) is 0 Å². The molecule has 13 N–H and O–H groups in total. The number of hydrogen-bond donors (Lipinski definition) is 11. The van der Waals surface area contributed by atoms with E-state index in [1.165, 1.54) is 0 Å². The van der Waals surface area contributed by atoms with Crippen LogP contribution in [0.2, 0.25) is 0 Å². The standard InChI is InChI=1S/C37H37N11O3/c38-36(39)44-19-23-5-1-21(2-6-23)17-42-34(50)31-15-26-13-25(9-11-29(26)47-31)33(49)46-28-10-12-30-27(14-28)16-32(48-30)35(51)43-18-22-3-7-24(8-4-22)20-45-37(40)41/h1-16,47-48H,17-20H2,(H,42,50)(H,43,51)(H,46,49)(H4,38,39,44)(H4,40,41,45). The van der Waals surface area contributed by atoms with Gasteiger partial charge in [0, 0.05) is 59.2 Å². The van der Waals surface area contributed by atoms with Crippen LogP contribution in [0.4, 0.5) is 5.69 Å². The number of carbonyl (C=O) groups excluding carboxylic acids is 3. The molecule has 0 aliphatic heterocycles. The number of amides is 3. The number of nitrogens with two attached hydrogens (primary N) is 2. The topological polar surface area (TPSA) is 243 Å². The Morgan fingerprint density at radius 3 is 1.37 bits per heavy atom. The van der Waals surface area contributed by atoms with Crippen molar-refractivity contribution < 1.29 is 14.4 Å². The van der Waals surface area contributed by atoms with Crippen LogP contribution in [0.15, 0.2) is 97.1 Å². The van der Waals surface area contributed by atoms with Crippen LogP contribution >= 0.6 is 0 Å². The van der Waals surface area contributed by atoms with Crippen molar-refractivity contribution in [3.63, 3.8) is 0 Å². The van der Waals surface area contributed by atoms with Crippen LogP contribution in [0.5, 0.6) is 0 Å². The van der Waals surface area contributed by atoms with Gasteiger partial charge in [0.25, 0.3) is 17.7 Å². The average Bonchev–Trinajstić information content (AvgIpc) is 3.76. The molecule has 14 heteroatoms. The number of hydrogen-bond acceptors (Lipinski definition) is 5. The summed E-state index contributed by atoms with van der Waals surface area (Å²) in [6, 6.07) is 29.2. The highest BCUT2D eigenvalue weighted by molar-refractivity contribution is 6.08. The molecule has 0 fully saturated rings. The summed E-state index contributed by atoms with van der Waals surface area (Å²) in [4.78, 5) is 45.2. The first-order valence-corrected chi connectivity index (χ1v) is 16.0. The van der Waals surface area contributed by atoms with Gasteiger partial charge in [0.05, 0.1) is 0 Å². The largest absolute Gasteiger partial charge is 0.370 e. The van der Waals surface area contributed by atoms with Crippen LogP contribution in [0.25, 0.3) is 21.8 Å². The first-order valence-electron chi connectivity index (χ1n) is 16.0. The first kappa shape index (κ1) is 33.8. The fourth-order valence-electron chi connectivity index (χ4n) is 5.43. The Bertz CT molecular complexity index is 2250. The van der Waals surface area contributed by atoms with Gasteiger partial charge in [0.1, 0.15) is 11.4 Å². The molecule has 0 aliphatic rings. The summed E-state index contributed by atoms with van der Waals surface area (Å²) in [6.07, 6.45) is 0. The number of fused-ring (bicyclic) bond motifs is 2. The molecule has 4 aromatic carbocycles. The second-order valence-corrected chi connectivity index (χ2v) is 12.0. The minimum Gasteiger partial charge on any atom is -0.370 e. The normalized spacial score (nSPS) is 10.8. The summed E-state index contributed by atoms with van der Waals surface area (Å²) in [6.45, 7) is 1.57. The van der Waals surface area contributed by atoms with E-state index < -0.39 is 0 Å². The molecule has 0 spiro atoms. The highest BCUT2D eigenvalue weighted by atomic mass is 16.2. The fourth-order valence-corrected chi connectivity index (χ4v) is 5.43. The minimum absolute atomic E-state index is 0.0927. The Morgan fingerprint density at radius 2 is 0.922 bits per heavy atom. The molecule has 0 unspecified atom stereocenters. The molecule has 258 valence electrons. The number of carbonyl (C=O) groups is 3. The fraction of sp³-hybridized carbons (Fsp3) is 0.108. The molecular formula is C37H37N11O3. The van der Waals surface area contributed by atoms with E-state index in [-0.39, 0.29) is 29.6 Å². The van der Waals surface area contributed by atoms with Gasteiger partial charge in [-0.25, -0.2) is 0 Å². The van der Waals surface area contributed by atoms with Crippen LogP contribution in [0.3, 0.4) is 0 Å². The second kappa shape index (κ2) is 15.0. The molecule has 2 aromatic heterocycles. The number of H-pyrrole nitrogens is 2. The summed E-state index contributed by atoms with van der Waals surface area (Å²) >= 11 is 0. The lowest BCUT2D eigenvalue weighted by atomic mass is 10.1. The third kappa shape index (κ3) is 8.69. The summed E-state index contributed by atoms with van der Waals surface area (Å²) < 4.78 is 0. The molecule has 6 aromatic rings. The van der Waals surface area contributed by atoms with Crippen LogP contribution in [-0.2, 0) is 26.2 Å². The van der Waals surface area contributed by atoms with E-state index in [9.17, 15) is 14.4 Å². The van der Waals surface area contributed by atoms with E-state index >= 15 is 0 Å². The Kier molecular flexibility index (Phi) is 9.93. The SMILES string of the molecule is N=C(N)NCc1ccc(CNC(=O)c2cc3cc(NC(=O)c4ccc5[nH]c(C(=O)NCc6ccc(CNC(=N)N)cc6)cc5c4)ccc3[nH]2)cc1. The summed E-state index contributed by atoms with van der Waals surface area (Å²) in [7, 11) is 0. The number of aromatic amines is 2. The van der Waals surface area contributed by atoms with Gasteiger partial charge in [-0.1, -0.05) is 48.5 Å². The van der Waals surface area contributed by atoms with E-state index in [2.05, 4.69) is 36.6 Å². The Labute approximate surface area is 292 Å². The van der Waals surface area contributed by atoms with Crippen LogP contribution in [-0.4, -0.2) is 39.6 Å². The van der Waals surface area contributed by atoms with E-state index in [0.29, 0.717) is 54.2 Å². The maximum Gasteiger partial charge on any atom is 0.267 e. The van der Waals surface area contributed by atoms with Gasteiger partial charge >= 0.3 is 0 Å². The third-order valence-electron chi connectivity index (χ3n) is 8.17. The van der Waals surface area contributed by atoms with Crippen molar-refractivity contribution >= 4 is 57.1 Å². The highest BCUT2D eigenvalue weighted by Crippen LogP contribution is 2.23. The molecule has 0 saturated carbocycles. The van der Waals surface area contributed by atoms with Gasteiger partial charge in [-0.05, 0) is 70.8 Å². The molecule has 0 radical (unpaired) electrons. The van der Waals surface area contributed by atoms with E-state index in [0.717, 1.165) is 38.7 Å². The predicted octanol–water partition coefficient (Wildman–Crippen LogP) is 3.73. The van der Waals surface area contributed by atoms with Gasteiger partial charge in [-0.3, -0.25) is 25.2 Å². The maximum absolute atomic E-state index is 13.2. The van der Waals surface area contributed by atoms with Crippen molar-refractivity contribution in [3.8, 4) is 0 Å². The Hall–Kier alpha value is -7.09. The number of benzene rings is 4. The van der Waals surface area contributed by atoms with E-state index in [4.69, 9.17) is 22.3 Å². The van der Waals surface area contributed by atoms with Crippen molar-refractivity contribution in [2.24, 2.45) is 11.5 Å². The van der Waals surface area contributed by atoms with Crippen LogP contribution in [0, 0.1) is 10.8 Å². The van der Waals surface area contributed by atoms with Gasteiger partial charge in [-0.15, -0.1) is 0 Å². The molecule has 0 aliphatic carbocycles. The first-order chi connectivity index (χ1) is 24.6. The van der Waals surface area contributed by atoms with Gasteiger partial charge in [0.15, 0.2) is 11.9 Å². The second-order valence-electron chi connectivity index (χ2n) is 12.0. The lowest BCUT2D eigenvalue weighted by Gasteiger charge is -2.07. The molecule has 3 amide bonds. The van der Waals surface area contributed by atoms with Gasteiger partial charge < -0.3 is 48.0 Å². The van der Waals surface area contributed by atoms with Crippen LogP contribution in [0.1, 0.15) is 53.6 Å². The predicted molar refractivity (Wildman–Crippen MR) is 197 cm³/mol. The zero-order valence-electron chi connectivity index (χ0n) is 27.4. The number of aromatic nitrogens is 2. The molecular weight excluding hydrogens is 646 g/mol. The molecule has 0 bridgehead atoms. The third-order valence-corrected chi connectivity index (χ3v) is 8.17.